The molecule has 2 heterocycles. The maximum atomic E-state index is 6.28. The Morgan fingerprint density at radius 3 is 2.52 bits per heavy atom. The summed E-state index contributed by atoms with van der Waals surface area (Å²) in [4.78, 5) is 4.84. The lowest BCUT2D eigenvalue weighted by Gasteiger charge is -2.36. The fourth-order valence-corrected chi connectivity index (χ4v) is 3.62. The summed E-state index contributed by atoms with van der Waals surface area (Å²) in [6.45, 7) is 5.15. The van der Waals surface area contributed by atoms with Gasteiger partial charge in [0, 0.05) is 38.4 Å². The summed E-state index contributed by atoms with van der Waals surface area (Å²) >= 11 is 6.28. The molecule has 0 bridgehead atoms. The van der Waals surface area contributed by atoms with Crippen molar-refractivity contribution in [3.8, 4) is 17.2 Å². The predicted molar refractivity (Wildman–Crippen MR) is 98.1 cm³/mol. The summed E-state index contributed by atoms with van der Waals surface area (Å²) in [7, 11) is 1.69. The third kappa shape index (κ3) is 3.48. The van der Waals surface area contributed by atoms with Crippen molar-refractivity contribution in [2.75, 3.05) is 45.0 Å². The van der Waals surface area contributed by atoms with E-state index in [-0.39, 0.29) is 6.79 Å². The van der Waals surface area contributed by atoms with Crippen molar-refractivity contribution in [2.24, 2.45) is 0 Å². The van der Waals surface area contributed by atoms with Crippen LogP contribution in [0.3, 0.4) is 0 Å². The van der Waals surface area contributed by atoms with Gasteiger partial charge in [-0.15, -0.1) is 0 Å². The summed E-state index contributed by atoms with van der Waals surface area (Å²) in [5.74, 6) is 2.30. The average Bonchev–Trinajstić information content (AvgIpc) is 3.12. The number of hydrogen-bond donors (Lipinski definition) is 0. The number of ether oxygens (including phenoxy) is 3. The number of piperazine rings is 1. The van der Waals surface area contributed by atoms with Gasteiger partial charge in [-0.25, -0.2) is 0 Å². The van der Waals surface area contributed by atoms with E-state index in [4.69, 9.17) is 25.8 Å². The van der Waals surface area contributed by atoms with Gasteiger partial charge in [0.25, 0.3) is 0 Å². The van der Waals surface area contributed by atoms with Gasteiger partial charge in [-0.3, -0.25) is 4.90 Å². The normalized spacial score (nSPS) is 17.0. The van der Waals surface area contributed by atoms with Crippen molar-refractivity contribution in [3.63, 3.8) is 0 Å². The number of hydrogen-bond acceptors (Lipinski definition) is 5. The van der Waals surface area contributed by atoms with Crippen molar-refractivity contribution in [1.29, 1.82) is 0 Å². The number of halogens is 1. The first kappa shape index (κ1) is 16.4. The van der Waals surface area contributed by atoms with Crippen LogP contribution in [-0.4, -0.2) is 45.0 Å². The summed E-state index contributed by atoms with van der Waals surface area (Å²) in [6.07, 6.45) is 0. The molecule has 0 aliphatic carbocycles. The van der Waals surface area contributed by atoms with E-state index in [2.05, 4.69) is 21.9 Å². The molecule has 2 aromatic rings. The molecule has 0 radical (unpaired) electrons. The highest BCUT2D eigenvalue weighted by molar-refractivity contribution is 6.32. The lowest BCUT2D eigenvalue weighted by Crippen LogP contribution is -2.45. The molecule has 2 aliphatic rings. The number of methoxy groups -OCH3 is 1. The highest BCUT2D eigenvalue weighted by Crippen LogP contribution is 2.40. The molecule has 132 valence electrons. The van der Waals surface area contributed by atoms with E-state index in [0.29, 0.717) is 10.8 Å². The Balaban J connectivity index is 1.36. The van der Waals surface area contributed by atoms with E-state index < -0.39 is 0 Å². The third-order valence-corrected chi connectivity index (χ3v) is 4.98. The van der Waals surface area contributed by atoms with Crippen LogP contribution >= 0.6 is 11.6 Å². The fraction of sp³-hybridized carbons (Fsp3) is 0.368. The Morgan fingerprint density at radius 2 is 1.80 bits per heavy atom. The van der Waals surface area contributed by atoms with E-state index in [9.17, 15) is 0 Å². The molecule has 1 fully saturated rings. The first-order valence-electron chi connectivity index (χ1n) is 8.42. The fourth-order valence-electron chi connectivity index (χ4n) is 3.33. The van der Waals surface area contributed by atoms with Crippen LogP contribution in [0.25, 0.3) is 0 Å². The minimum Gasteiger partial charge on any atom is -0.497 e. The minimum absolute atomic E-state index is 0.249. The lowest BCUT2D eigenvalue weighted by molar-refractivity contribution is 0.174. The smallest absolute Gasteiger partial charge is 0.231 e. The van der Waals surface area contributed by atoms with Gasteiger partial charge < -0.3 is 19.1 Å². The van der Waals surface area contributed by atoms with Gasteiger partial charge in [-0.05, 0) is 42.0 Å². The second-order valence-corrected chi connectivity index (χ2v) is 6.68. The molecule has 0 atom stereocenters. The number of fused-ring (bicyclic) bond motifs is 1. The number of benzene rings is 2. The predicted octanol–water partition coefficient (Wildman–Crippen LogP) is 3.40. The van der Waals surface area contributed by atoms with Gasteiger partial charge in [0.2, 0.25) is 6.79 Å². The van der Waals surface area contributed by atoms with Crippen LogP contribution in [0.15, 0.2) is 36.4 Å². The Bertz CT molecular complexity index is 743. The van der Waals surface area contributed by atoms with Gasteiger partial charge >= 0.3 is 0 Å². The van der Waals surface area contributed by atoms with E-state index in [1.54, 1.807) is 7.11 Å². The summed E-state index contributed by atoms with van der Waals surface area (Å²) in [5.41, 5.74) is 2.40. The Labute approximate surface area is 152 Å². The standard InChI is InChI=1S/C19H21ClN2O3/c1-23-16-4-2-15(3-5-16)22-8-6-21(7-9-22)12-14-10-17(20)19-18(11-14)24-13-25-19/h2-5,10-11H,6-9,12-13H2,1H3. The van der Waals surface area contributed by atoms with Gasteiger partial charge in [0.1, 0.15) is 5.75 Å². The van der Waals surface area contributed by atoms with Gasteiger partial charge in [0.05, 0.1) is 12.1 Å². The zero-order valence-corrected chi connectivity index (χ0v) is 15.0. The van der Waals surface area contributed by atoms with Crippen LogP contribution in [0.5, 0.6) is 17.2 Å². The number of nitrogens with zero attached hydrogens (tertiary/aromatic N) is 2. The second-order valence-electron chi connectivity index (χ2n) is 6.27. The molecule has 2 aliphatic heterocycles. The maximum Gasteiger partial charge on any atom is 0.231 e. The molecule has 1 saturated heterocycles. The lowest BCUT2D eigenvalue weighted by atomic mass is 10.1. The van der Waals surface area contributed by atoms with Crippen molar-refractivity contribution < 1.29 is 14.2 Å². The van der Waals surface area contributed by atoms with E-state index in [1.807, 2.05) is 24.3 Å². The van der Waals surface area contributed by atoms with E-state index in [1.165, 1.54) is 5.69 Å². The molecule has 25 heavy (non-hydrogen) atoms. The van der Waals surface area contributed by atoms with Gasteiger partial charge in [-0.2, -0.15) is 0 Å². The van der Waals surface area contributed by atoms with Crippen LogP contribution in [0.1, 0.15) is 5.56 Å². The molecule has 4 rings (SSSR count). The molecular weight excluding hydrogens is 340 g/mol. The monoisotopic (exact) mass is 360 g/mol. The minimum atomic E-state index is 0.249. The topological polar surface area (TPSA) is 34.2 Å². The maximum absolute atomic E-state index is 6.28. The largest absolute Gasteiger partial charge is 0.497 e. The first-order valence-corrected chi connectivity index (χ1v) is 8.80. The van der Waals surface area contributed by atoms with Gasteiger partial charge in [-0.1, -0.05) is 11.6 Å². The highest BCUT2D eigenvalue weighted by Gasteiger charge is 2.21. The number of rotatable bonds is 4. The quantitative estimate of drug-likeness (QED) is 0.834. The van der Waals surface area contributed by atoms with Crippen LogP contribution < -0.4 is 19.1 Å². The Hall–Kier alpha value is -2.11. The zero-order valence-electron chi connectivity index (χ0n) is 14.2. The molecule has 0 spiro atoms. The molecule has 6 heteroatoms. The van der Waals surface area contributed by atoms with Crippen molar-refractivity contribution in [3.05, 3.63) is 47.0 Å². The van der Waals surface area contributed by atoms with Crippen molar-refractivity contribution in [1.82, 2.24) is 4.90 Å². The first-order chi connectivity index (χ1) is 12.2. The van der Waals surface area contributed by atoms with Crippen LogP contribution in [0.2, 0.25) is 5.02 Å². The van der Waals surface area contributed by atoms with E-state index in [0.717, 1.165) is 49.8 Å². The molecule has 5 nitrogen and oxygen atoms in total. The van der Waals surface area contributed by atoms with Crippen LogP contribution in [-0.2, 0) is 6.54 Å². The van der Waals surface area contributed by atoms with Crippen molar-refractivity contribution in [2.45, 2.75) is 6.54 Å². The van der Waals surface area contributed by atoms with Crippen LogP contribution in [0, 0.1) is 0 Å². The second kappa shape index (κ2) is 7.02. The SMILES string of the molecule is COc1ccc(N2CCN(Cc3cc(Cl)c4c(c3)OCO4)CC2)cc1. The highest BCUT2D eigenvalue weighted by atomic mass is 35.5. The summed E-state index contributed by atoms with van der Waals surface area (Å²) in [6, 6.07) is 12.3. The van der Waals surface area contributed by atoms with Crippen molar-refractivity contribution >= 4 is 17.3 Å². The molecular formula is C19H21ClN2O3. The summed E-state index contributed by atoms with van der Waals surface area (Å²) in [5, 5.41) is 0.627. The number of anilines is 1. The molecule has 0 aromatic heterocycles. The third-order valence-electron chi connectivity index (χ3n) is 4.70. The molecule has 0 N–H and O–H groups in total. The molecule has 0 amide bonds. The van der Waals surface area contributed by atoms with Gasteiger partial charge in [0.15, 0.2) is 11.5 Å². The Kier molecular flexibility index (Phi) is 4.59. The molecule has 0 saturated carbocycles. The Morgan fingerprint density at radius 1 is 1.04 bits per heavy atom. The van der Waals surface area contributed by atoms with Crippen LogP contribution in [0.4, 0.5) is 5.69 Å². The van der Waals surface area contributed by atoms with E-state index >= 15 is 0 Å². The molecule has 0 unspecified atom stereocenters. The molecule has 2 aromatic carbocycles. The zero-order chi connectivity index (χ0) is 17.2. The summed E-state index contributed by atoms with van der Waals surface area (Å²) < 4.78 is 16.1. The average molecular weight is 361 g/mol.